The van der Waals surface area contributed by atoms with E-state index in [2.05, 4.69) is 18.8 Å². The van der Waals surface area contributed by atoms with Gasteiger partial charge in [0.1, 0.15) is 4.88 Å². The highest BCUT2D eigenvalue weighted by molar-refractivity contribution is 7.14. The van der Waals surface area contributed by atoms with Crippen molar-refractivity contribution in [3.63, 3.8) is 0 Å². The smallest absolute Gasteiger partial charge is 0.265 e. The van der Waals surface area contributed by atoms with Crippen molar-refractivity contribution < 1.29 is 4.79 Å². The molecule has 2 N–H and O–H groups in total. The first kappa shape index (κ1) is 22.9. The quantitative estimate of drug-likeness (QED) is 0.839. The lowest BCUT2D eigenvalue weighted by molar-refractivity contribution is 0.0746. The van der Waals surface area contributed by atoms with Crippen LogP contribution in [-0.2, 0) is 0 Å². The van der Waals surface area contributed by atoms with Crippen molar-refractivity contribution in [3.05, 3.63) is 40.2 Å². The number of halogens is 2. The average Bonchev–Trinajstić information content (AvgIpc) is 2.89. The molecule has 0 bridgehead atoms. The van der Waals surface area contributed by atoms with Crippen LogP contribution in [-0.4, -0.2) is 35.9 Å². The number of nitrogens with zero attached hydrogens (tertiary/aromatic N) is 2. The van der Waals surface area contributed by atoms with Gasteiger partial charge in [-0.15, -0.1) is 36.2 Å². The van der Waals surface area contributed by atoms with Crippen LogP contribution in [0, 0.1) is 12.3 Å². The van der Waals surface area contributed by atoms with Crippen LogP contribution in [0.2, 0.25) is 0 Å². The SMILES string of the molecule is Cc1nc(-c2ccccc2)c(C(=O)N(C)CC(C)(C)CN)s1.Cl.Cl. The second-order valence-corrected chi connectivity index (χ2v) is 7.51. The first-order chi connectivity index (χ1) is 10.3. The number of carbonyl (C=O) groups is 1. The number of benzene rings is 1. The number of aryl methyl sites for hydroxylation is 1. The van der Waals surface area contributed by atoms with Gasteiger partial charge >= 0.3 is 0 Å². The number of thiazole rings is 1. The Morgan fingerprint density at radius 3 is 2.38 bits per heavy atom. The molecule has 7 heteroatoms. The third-order valence-corrected chi connectivity index (χ3v) is 4.50. The molecule has 0 aliphatic heterocycles. The molecule has 0 atom stereocenters. The predicted molar refractivity (Wildman–Crippen MR) is 107 cm³/mol. The fourth-order valence-corrected chi connectivity index (χ4v) is 3.25. The van der Waals surface area contributed by atoms with Crippen LogP contribution in [0.5, 0.6) is 0 Å². The molecule has 2 aromatic rings. The third-order valence-electron chi connectivity index (χ3n) is 3.54. The van der Waals surface area contributed by atoms with E-state index in [0.29, 0.717) is 18.0 Å². The first-order valence-electron chi connectivity index (χ1n) is 7.32. The molecule has 1 heterocycles. The standard InChI is InChI=1S/C17H23N3OS.2ClH/c1-12-19-14(13-8-6-5-7-9-13)15(22-12)16(21)20(4)11-17(2,3)10-18;;/h5-9H,10-11,18H2,1-4H3;2*1H. The van der Waals surface area contributed by atoms with E-state index in [-0.39, 0.29) is 36.1 Å². The van der Waals surface area contributed by atoms with E-state index in [9.17, 15) is 4.79 Å². The first-order valence-corrected chi connectivity index (χ1v) is 8.14. The van der Waals surface area contributed by atoms with E-state index in [1.165, 1.54) is 11.3 Å². The van der Waals surface area contributed by atoms with E-state index in [0.717, 1.165) is 16.3 Å². The van der Waals surface area contributed by atoms with E-state index < -0.39 is 0 Å². The maximum atomic E-state index is 12.8. The Bertz CT molecular complexity index is 659. The Labute approximate surface area is 160 Å². The second-order valence-electron chi connectivity index (χ2n) is 6.31. The van der Waals surface area contributed by atoms with Gasteiger partial charge < -0.3 is 10.6 Å². The van der Waals surface area contributed by atoms with Crippen LogP contribution < -0.4 is 5.73 Å². The number of hydrogen-bond donors (Lipinski definition) is 1. The van der Waals surface area contributed by atoms with Crippen molar-refractivity contribution in [2.45, 2.75) is 20.8 Å². The van der Waals surface area contributed by atoms with Gasteiger partial charge in [0.25, 0.3) is 5.91 Å². The van der Waals surface area contributed by atoms with Crippen molar-refractivity contribution in [2.75, 3.05) is 20.1 Å². The van der Waals surface area contributed by atoms with Gasteiger partial charge in [-0.1, -0.05) is 44.2 Å². The van der Waals surface area contributed by atoms with E-state index in [1.54, 1.807) is 4.90 Å². The zero-order chi connectivity index (χ0) is 16.3. The summed E-state index contributed by atoms with van der Waals surface area (Å²) < 4.78 is 0. The minimum absolute atomic E-state index is 0. The third kappa shape index (κ3) is 5.45. The fourth-order valence-electron chi connectivity index (χ4n) is 2.32. The van der Waals surface area contributed by atoms with Crippen LogP contribution in [0.3, 0.4) is 0 Å². The number of aromatic nitrogens is 1. The van der Waals surface area contributed by atoms with Crippen molar-refractivity contribution in [1.29, 1.82) is 0 Å². The predicted octanol–water partition coefficient (Wildman–Crippen LogP) is 4.02. The number of hydrogen-bond acceptors (Lipinski definition) is 4. The van der Waals surface area contributed by atoms with Crippen LogP contribution in [0.1, 0.15) is 28.5 Å². The van der Waals surface area contributed by atoms with Gasteiger partial charge in [0.2, 0.25) is 0 Å². The highest BCUT2D eigenvalue weighted by atomic mass is 35.5. The summed E-state index contributed by atoms with van der Waals surface area (Å²) in [4.78, 5) is 19.8. The molecule has 24 heavy (non-hydrogen) atoms. The zero-order valence-electron chi connectivity index (χ0n) is 14.4. The van der Waals surface area contributed by atoms with Gasteiger partial charge in [0, 0.05) is 19.2 Å². The Kier molecular flexibility index (Phi) is 8.93. The van der Waals surface area contributed by atoms with Crippen molar-refractivity contribution in [2.24, 2.45) is 11.1 Å². The lowest BCUT2D eigenvalue weighted by Gasteiger charge is -2.28. The summed E-state index contributed by atoms with van der Waals surface area (Å²) in [7, 11) is 1.82. The monoisotopic (exact) mass is 389 g/mol. The minimum Gasteiger partial charge on any atom is -0.340 e. The molecular formula is C17H25Cl2N3OS. The van der Waals surface area contributed by atoms with Gasteiger partial charge in [0.05, 0.1) is 10.7 Å². The maximum absolute atomic E-state index is 12.8. The molecule has 1 amide bonds. The Morgan fingerprint density at radius 1 is 1.25 bits per heavy atom. The molecule has 4 nitrogen and oxygen atoms in total. The molecule has 134 valence electrons. The zero-order valence-corrected chi connectivity index (χ0v) is 16.9. The van der Waals surface area contributed by atoms with Crippen LogP contribution >= 0.6 is 36.2 Å². The Balaban J connectivity index is 0.00000264. The van der Waals surface area contributed by atoms with E-state index in [1.807, 2.05) is 44.3 Å². The largest absolute Gasteiger partial charge is 0.340 e. The molecule has 0 saturated heterocycles. The summed E-state index contributed by atoms with van der Waals surface area (Å²) in [6, 6.07) is 9.84. The maximum Gasteiger partial charge on any atom is 0.265 e. The highest BCUT2D eigenvalue weighted by Crippen LogP contribution is 2.29. The van der Waals surface area contributed by atoms with Crippen molar-refractivity contribution in [3.8, 4) is 11.3 Å². The van der Waals surface area contributed by atoms with Gasteiger partial charge in [-0.3, -0.25) is 4.79 Å². The lowest BCUT2D eigenvalue weighted by atomic mass is 9.93. The minimum atomic E-state index is -0.100. The molecule has 0 radical (unpaired) electrons. The summed E-state index contributed by atoms with van der Waals surface area (Å²) in [6.45, 7) is 7.21. The van der Waals surface area contributed by atoms with Gasteiger partial charge in [-0.05, 0) is 18.9 Å². The highest BCUT2D eigenvalue weighted by Gasteiger charge is 2.25. The molecule has 0 aliphatic carbocycles. The second kappa shape index (κ2) is 9.37. The van der Waals surface area contributed by atoms with Crippen molar-refractivity contribution in [1.82, 2.24) is 9.88 Å². The van der Waals surface area contributed by atoms with Gasteiger partial charge in [-0.25, -0.2) is 4.98 Å². The van der Waals surface area contributed by atoms with Gasteiger partial charge in [-0.2, -0.15) is 0 Å². The number of rotatable bonds is 5. The Hall–Kier alpha value is -1.14. The molecular weight excluding hydrogens is 365 g/mol. The topological polar surface area (TPSA) is 59.2 Å². The summed E-state index contributed by atoms with van der Waals surface area (Å²) in [6.07, 6.45) is 0. The molecule has 0 saturated carbocycles. The summed E-state index contributed by atoms with van der Waals surface area (Å²) in [5.41, 5.74) is 7.41. The molecule has 0 spiro atoms. The van der Waals surface area contributed by atoms with Crippen LogP contribution in [0.25, 0.3) is 11.3 Å². The van der Waals surface area contributed by atoms with E-state index >= 15 is 0 Å². The van der Waals surface area contributed by atoms with Crippen LogP contribution in [0.15, 0.2) is 30.3 Å². The summed E-state index contributed by atoms with van der Waals surface area (Å²) in [5, 5.41) is 0.897. The normalized spacial score (nSPS) is 10.5. The molecule has 0 aliphatic rings. The number of carbonyl (C=O) groups excluding carboxylic acids is 1. The van der Waals surface area contributed by atoms with E-state index in [4.69, 9.17) is 5.73 Å². The number of amides is 1. The molecule has 1 aromatic heterocycles. The summed E-state index contributed by atoms with van der Waals surface area (Å²) >= 11 is 1.45. The fraction of sp³-hybridized carbons (Fsp3) is 0.412. The Morgan fingerprint density at radius 2 is 1.83 bits per heavy atom. The summed E-state index contributed by atoms with van der Waals surface area (Å²) in [5.74, 6) is 0.00554. The molecule has 2 rings (SSSR count). The molecule has 0 unspecified atom stereocenters. The number of nitrogens with two attached hydrogens (primary N) is 1. The average molecular weight is 390 g/mol. The molecule has 0 fully saturated rings. The molecule has 1 aromatic carbocycles. The lowest BCUT2D eigenvalue weighted by Crippen LogP contribution is -2.39. The van der Waals surface area contributed by atoms with Crippen molar-refractivity contribution >= 4 is 42.1 Å². The van der Waals surface area contributed by atoms with Gasteiger partial charge in [0.15, 0.2) is 0 Å². The van der Waals surface area contributed by atoms with Crippen LogP contribution in [0.4, 0.5) is 0 Å².